The number of ether oxygens (including phenoxy) is 1. The van der Waals surface area contributed by atoms with Gasteiger partial charge in [0.2, 0.25) is 5.91 Å². The van der Waals surface area contributed by atoms with Gasteiger partial charge in [-0.15, -0.1) is 10.2 Å². The van der Waals surface area contributed by atoms with Gasteiger partial charge in [0.15, 0.2) is 5.16 Å². The van der Waals surface area contributed by atoms with Crippen LogP contribution in [0, 0.1) is 0 Å². The monoisotopic (exact) mass is 373 g/mol. The molecule has 0 bridgehead atoms. The van der Waals surface area contributed by atoms with Crippen molar-refractivity contribution in [3.63, 3.8) is 0 Å². The minimum Gasteiger partial charge on any atom is -0.490 e. The minimum absolute atomic E-state index is 0.0645. The Morgan fingerprint density at radius 1 is 1.38 bits per heavy atom. The molecule has 2 aliphatic rings. The lowest BCUT2D eigenvalue weighted by Crippen LogP contribution is -2.39. The van der Waals surface area contributed by atoms with Crippen LogP contribution in [0.4, 0.5) is 5.69 Å². The topological polar surface area (TPSA) is 72.3 Å². The van der Waals surface area contributed by atoms with Gasteiger partial charge in [0, 0.05) is 19.5 Å². The molecule has 138 valence electrons. The van der Waals surface area contributed by atoms with Gasteiger partial charge in [-0.1, -0.05) is 23.9 Å². The number of carbonyl (C=O) groups is 1. The summed E-state index contributed by atoms with van der Waals surface area (Å²) in [6.07, 6.45) is 2.29. The van der Waals surface area contributed by atoms with Crippen LogP contribution in [-0.4, -0.2) is 52.7 Å². The molecule has 1 atom stereocenters. The SMILES string of the molecule is Cn1c(SCC(=O)N2CCOc3ccccc32)nnc1[C@H]1CCCNC1. The molecule has 1 saturated heterocycles. The van der Waals surface area contributed by atoms with Crippen molar-refractivity contribution in [2.24, 2.45) is 7.05 Å². The van der Waals surface area contributed by atoms with Gasteiger partial charge in [-0.25, -0.2) is 0 Å². The van der Waals surface area contributed by atoms with Crippen LogP contribution in [-0.2, 0) is 11.8 Å². The third kappa shape index (κ3) is 3.43. The van der Waals surface area contributed by atoms with Crippen LogP contribution >= 0.6 is 11.8 Å². The van der Waals surface area contributed by atoms with Gasteiger partial charge >= 0.3 is 0 Å². The van der Waals surface area contributed by atoms with Crippen molar-refractivity contribution in [2.45, 2.75) is 23.9 Å². The maximum atomic E-state index is 12.7. The second-order valence-corrected chi connectivity index (χ2v) is 7.54. The molecule has 0 unspecified atom stereocenters. The van der Waals surface area contributed by atoms with Crippen LogP contribution in [0.3, 0.4) is 0 Å². The molecule has 2 aromatic rings. The van der Waals surface area contributed by atoms with Gasteiger partial charge in [0.05, 0.1) is 18.0 Å². The lowest BCUT2D eigenvalue weighted by Gasteiger charge is -2.29. The molecule has 1 aromatic carbocycles. The first kappa shape index (κ1) is 17.4. The van der Waals surface area contributed by atoms with E-state index in [2.05, 4.69) is 15.5 Å². The molecule has 1 amide bonds. The Hall–Kier alpha value is -2.06. The number of benzene rings is 1. The van der Waals surface area contributed by atoms with Crippen molar-refractivity contribution in [1.29, 1.82) is 0 Å². The minimum atomic E-state index is 0.0645. The quantitative estimate of drug-likeness (QED) is 0.824. The number of carbonyl (C=O) groups excluding carboxylic acids is 1. The summed E-state index contributed by atoms with van der Waals surface area (Å²) in [5.74, 6) is 2.57. The molecule has 7 nitrogen and oxygen atoms in total. The van der Waals surface area contributed by atoms with Crippen LogP contribution in [0.15, 0.2) is 29.4 Å². The van der Waals surface area contributed by atoms with E-state index in [1.54, 1.807) is 4.90 Å². The van der Waals surface area contributed by atoms with E-state index in [9.17, 15) is 4.79 Å². The number of thioether (sulfide) groups is 1. The zero-order chi connectivity index (χ0) is 17.9. The molecule has 8 heteroatoms. The fourth-order valence-electron chi connectivity index (χ4n) is 3.51. The second-order valence-electron chi connectivity index (χ2n) is 6.59. The van der Waals surface area contributed by atoms with Gasteiger partial charge in [-0.05, 0) is 31.5 Å². The van der Waals surface area contributed by atoms with Gasteiger partial charge < -0.3 is 19.5 Å². The first-order valence-electron chi connectivity index (χ1n) is 8.99. The Kier molecular flexibility index (Phi) is 5.12. The molecule has 4 rings (SSSR count). The molecule has 0 radical (unpaired) electrons. The maximum Gasteiger partial charge on any atom is 0.237 e. The lowest BCUT2D eigenvalue weighted by molar-refractivity contribution is -0.116. The van der Waals surface area contributed by atoms with Crippen molar-refractivity contribution in [1.82, 2.24) is 20.1 Å². The van der Waals surface area contributed by atoms with Gasteiger partial charge in [0.25, 0.3) is 0 Å². The molecule has 0 saturated carbocycles. The smallest absolute Gasteiger partial charge is 0.237 e. The summed E-state index contributed by atoms with van der Waals surface area (Å²) in [4.78, 5) is 14.5. The van der Waals surface area contributed by atoms with E-state index in [0.29, 0.717) is 24.8 Å². The Labute approximate surface area is 157 Å². The molecular formula is C18H23N5O2S. The van der Waals surface area contributed by atoms with Crippen molar-refractivity contribution < 1.29 is 9.53 Å². The number of aromatic nitrogens is 3. The third-order valence-electron chi connectivity index (χ3n) is 4.88. The molecule has 3 heterocycles. The highest BCUT2D eigenvalue weighted by atomic mass is 32.2. The number of para-hydroxylation sites is 2. The lowest BCUT2D eigenvalue weighted by atomic mass is 9.99. The summed E-state index contributed by atoms with van der Waals surface area (Å²) in [6, 6.07) is 7.67. The number of rotatable bonds is 4. The van der Waals surface area contributed by atoms with Crippen molar-refractivity contribution in [3.05, 3.63) is 30.1 Å². The molecule has 0 spiro atoms. The van der Waals surface area contributed by atoms with Crippen molar-refractivity contribution in [2.75, 3.05) is 36.9 Å². The first-order valence-corrected chi connectivity index (χ1v) is 9.97. The van der Waals surface area contributed by atoms with E-state index in [1.165, 1.54) is 11.8 Å². The molecule has 0 aliphatic carbocycles. The van der Waals surface area contributed by atoms with Crippen molar-refractivity contribution >= 4 is 23.4 Å². The average Bonchev–Trinajstić information content (AvgIpc) is 3.07. The molecule has 1 fully saturated rings. The second kappa shape index (κ2) is 7.67. The number of amides is 1. The highest BCUT2D eigenvalue weighted by molar-refractivity contribution is 7.99. The third-order valence-corrected chi connectivity index (χ3v) is 5.89. The van der Waals surface area contributed by atoms with Crippen LogP contribution in [0.1, 0.15) is 24.6 Å². The Balaban J connectivity index is 1.42. The Bertz CT molecular complexity index is 788. The summed E-state index contributed by atoms with van der Waals surface area (Å²) >= 11 is 1.45. The van der Waals surface area contributed by atoms with Gasteiger partial charge in [0.1, 0.15) is 18.2 Å². The highest BCUT2D eigenvalue weighted by Crippen LogP contribution is 2.32. The van der Waals surface area contributed by atoms with Gasteiger partial charge in [-0.2, -0.15) is 0 Å². The average molecular weight is 373 g/mol. The highest BCUT2D eigenvalue weighted by Gasteiger charge is 2.25. The number of piperidine rings is 1. The largest absolute Gasteiger partial charge is 0.490 e. The fourth-order valence-corrected chi connectivity index (χ4v) is 4.31. The molecular weight excluding hydrogens is 350 g/mol. The van der Waals surface area contributed by atoms with Crippen LogP contribution in [0.2, 0.25) is 0 Å². The molecule has 26 heavy (non-hydrogen) atoms. The van der Waals surface area contributed by atoms with E-state index in [1.807, 2.05) is 35.9 Å². The summed E-state index contributed by atoms with van der Waals surface area (Å²) in [7, 11) is 1.99. The zero-order valence-corrected chi connectivity index (χ0v) is 15.7. The number of nitrogens with one attached hydrogen (secondary N) is 1. The number of nitrogens with zero attached hydrogens (tertiary/aromatic N) is 4. The van der Waals surface area contributed by atoms with E-state index in [4.69, 9.17) is 4.74 Å². The van der Waals surface area contributed by atoms with E-state index in [-0.39, 0.29) is 5.91 Å². The van der Waals surface area contributed by atoms with Crippen molar-refractivity contribution in [3.8, 4) is 5.75 Å². The zero-order valence-electron chi connectivity index (χ0n) is 14.9. The Morgan fingerprint density at radius 2 is 2.27 bits per heavy atom. The first-order chi connectivity index (χ1) is 12.7. The van der Waals surface area contributed by atoms with E-state index >= 15 is 0 Å². The van der Waals surface area contributed by atoms with E-state index < -0.39 is 0 Å². The van der Waals surface area contributed by atoms with E-state index in [0.717, 1.165) is 48.3 Å². The summed E-state index contributed by atoms with van der Waals surface area (Å²) in [6.45, 7) is 3.12. The predicted octanol–water partition coefficient (Wildman–Crippen LogP) is 1.80. The van der Waals surface area contributed by atoms with Crippen LogP contribution in [0.5, 0.6) is 5.75 Å². The summed E-state index contributed by atoms with van der Waals surface area (Å²) < 4.78 is 7.65. The fraction of sp³-hybridized carbons (Fsp3) is 0.500. The summed E-state index contributed by atoms with van der Waals surface area (Å²) in [5, 5.41) is 12.9. The normalized spacial score (nSPS) is 19.7. The standard InChI is InChI=1S/C18H23N5O2S/c1-22-17(13-5-4-8-19-11-13)20-21-18(22)26-12-16(24)23-9-10-25-15-7-3-2-6-14(15)23/h2-3,6-7,13,19H,4-5,8-12H2,1H3/t13-/m0/s1. The van der Waals surface area contributed by atoms with Crippen LogP contribution < -0.4 is 15.0 Å². The summed E-state index contributed by atoms with van der Waals surface area (Å²) in [5.41, 5.74) is 0.844. The molecule has 2 aliphatic heterocycles. The number of anilines is 1. The van der Waals surface area contributed by atoms with Gasteiger partial charge in [-0.3, -0.25) is 4.79 Å². The number of hydrogen-bond donors (Lipinski definition) is 1. The maximum absolute atomic E-state index is 12.7. The Morgan fingerprint density at radius 3 is 3.12 bits per heavy atom. The van der Waals surface area contributed by atoms with Crippen LogP contribution in [0.25, 0.3) is 0 Å². The number of fused-ring (bicyclic) bond motifs is 1. The molecule has 1 aromatic heterocycles. The number of hydrogen-bond acceptors (Lipinski definition) is 6. The molecule has 1 N–H and O–H groups in total. The predicted molar refractivity (Wildman–Crippen MR) is 101 cm³/mol.